The highest BCUT2D eigenvalue weighted by atomic mass is 16.2. The van der Waals surface area contributed by atoms with Crippen molar-refractivity contribution in [3.05, 3.63) is 87.3 Å². The Kier molecular flexibility index (Phi) is 6.41. The number of rotatable bonds is 6. The molecule has 154 valence electrons. The lowest BCUT2D eigenvalue weighted by molar-refractivity contribution is -0.116. The predicted octanol–water partition coefficient (Wildman–Crippen LogP) is 3.45. The molecule has 2 amide bonds. The first kappa shape index (κ1) is 21.0. The van der Waals surface area contributed by atoms with Crippen LogP contribution in [0.3, 0.4) is 0 Å². The molecule has 0 radical (unpaired) electrons. The van der Waals surface area contributed by atoms with Crippen molar-refractivity contribution in [3.63, 3.8) is 0 Å². The van der Waals surface area contributed by atoms with Crippen molar-refractivity contribution >= 4 is 23.2 Å². The number of carbonyl (C=O) groups is 2. The Balaban J connectivity index is 1.66. The lowest BCUT2D eigenvalue weighted by Gasteiger charge is -2.11. The van der Waals surface area contributed by atoms with Gasteiger partial charge in [0.2, 0.25) is 5.91 Å². The van der Waals surface area contributed by atoms with Gasteiger partial charge in [0.05, 0.1) is 6.54 Å². The molecular weight excluding hydrogens is 380 g/mol. The topological polar surface area (TPSA) is 93.1 Å². The molecule has 30 heavy (non-hydrogen) atoms. The molecule has 0 aliphatic carbocycles. The van der Waals surface area contributed by atoms with E-state index in [1.165, 1.54) is 12.1 Å². The summed E-state index contributed by atoms with van der Waals surface area (Å²) in [5.74, 6) is -0.652. The van der Waals surface area contributed by atoms with Gasteiger partial charge in [0, 0.05) is 23.9 Å². The van der Waals surface area contributed by atoms with Crippen molar-refractivity contribution in [3.8, 4) is 0 Å². The van der Waals surface area contributed by atoms with Crippen LogP contribution >= 0.6 is 0 Å². The minimum absolute atomic E-state index is 0.0588. The average Bonchev–Trinajstić information content (AvgIpc) is 2.71. The Bertz CT molecular complexity index is 1150. The van der Waals surface area contributed by atoms with Gasteiger partial charge in [-0.05, 0) is 61.7 Å². The standard InChI is InChI=1S/C23H24N4O3/c1-15-6-4-8-18(14-15)24-23(30)20-10-11-22(29)27(26-20)13-12-21(28)25-19-9-5-7-16(2)17(19)3/h4-11,14H,12-13H2,1-3H3,(H,24,30)(H,25,28). The van der Waals surface area contributed by atoms with E-state index in [0.29, 0.717) is 5.69 Å². The van der Waals surface area contributed by atoms with Crippen LogP contribution in [0.1, 0.15) is 33.6 Å². The number of aromatic nitrogens is 2. The largest absolute Gasteiger partial charge is 0.326 e. The molecule has 0 saturated carbocycles. The molecule has 3 rings (SSSR count). The number of nitrogens with zero attached hydrogens (tertiary/aromatic N) is 2. The van der Waals surface area contributed by atoms with E-state index in [1.807, 2.05) is 57.2 Å². The number of carbonyl (C=O) groups excluding carboxylic acids is 2. The molecular formula is C23H24N4O3. The third-order valence-electron chi connectivity index (χ3n) is 4.80. The van der Waals surface area contributed by atoms with E-state index in [9.17, 15) is 14.4 Å². The molecule has 0 spiro atoms. The Labute approximate surface area is 174 Å². The fourth-order valence-corrected chi connectivity index (χ4v) is 2.95. The number of hydrogen-bond acceptors (Lipinski definition) is 4. The second kappa shape index (κ2) is 9.17. The maximum absolute atomic E-state index is 12.5. The van der Waals surface area contributed by atoms with Gasteiger partial charge in [0.15, 0.2) is 0 Å². The summed E-state index contributed by atoms with van der Waals surface area (Å²) in [4.78, 5) is 36.9. The molecule has 2 aromatic carbocycles. The van der Waals surface area contributed by atoms with Crippen LogP contribution in [0.4, 0.5) is 11.4 Å². The van der Waals surface area contributed by atoms with E-state index >= 15 is 0 Å². The van der Waals surface area contributed by atoms with E-state index in [4.69, 9.17) is 0 Å². The minimum atomic E-state index is -0.422. The van der Waals surface area contributed by atoms with Gasteiger partial charge in [-0.15, -0.1) is 0 Å². The molecule has 3 aromatic rings. The highest BCUT2D eigenvalue weighted by Gasteiger charge is 2.12. The lowest BCUT2D eigenvalue weighted by Crippen LogP contribution is -2.28. The molecule has 0 saturated heterocycles. The van der Waals surface area contributed by atoms with E-state index in [0.717, 1.165) is 27.1 Å². The van der Waals surface area contributed by atoms with Gasteiger partial charge in [-0.3, -0.25) is 14.4 Å². The van der Waals surface area contributed by atoms with Crippen LogP contribution in [-0.4, -0.2) is 21.6 Å². The monoisotopic (exact) mass is 404 g/mol. The average molecular weight is 404 g/mol. The van der Waals surface area contributed by atoms with E-state index in [1.54, 1.807) is 6.07 Å². The summed E-state index contributed by atoms with van der Waals surface area (Å²) in [7, 11) is 0. The normalized spacial score (nSPS) is 10.5. The van der Waals surface area contributed by atoms with Gasteiger partial charge in [0.25, 0.3) is 11.5 Å². The second-order valence-electron chi connectivity index (χ2n) is 7.15. The summed E-state index contributed by atoms with van der Waals surface area (Å²) in [6.45, 7) is 5.91. The molecule has 0 unspecified atom stereocenters. The molecule has 2 N–H and O–H groups in total. The van der Waals surface area contributed by atoms with Crippen LogP contribution in [0.5, 0.6) is 0 Å². The van der Waals surface area contributed by atoms with Crippen molar-refractivity contribution in [1.82, 2.24) is 9.78 Å². The first-order chi connectivity index (χ1) is 14.3. The molecule has 0 bridgehead atoms. The van der Waals surface area contributed by atoms with E-state index < -0.39 is 5.91 Å². The molecule has 0 aliphatic rings. The van der Waals surface area contributed by atoms with Crippen molar-refractivity contribution in [2.45, 2.75) is 33.7 Å². The number of anilines is 2. The van der Waals surface area contributed by atoms with Crippen molar-refractivity contribution in [1.29, 1.82) is 0 Å². The predicted molar refractivity (Wildman–Crippen MR) is 117 cm³/mol. The zero-order valence-corrected chi connectivity index (χ0v) is 17.2. The zero-order chi connectivity index (χ0) is 21.7. The molecule has 1 heterocycles. The Morgan fingerprint density at radius 2 is 1.73 bits per heavy atom. The number of amides is 2. The maximum atomic E-state index is 12.5. The van der Waals surface area contributed by atoms with E-state index in [2.05, 4.69) is 15.7 Å². The Hall–Kier alpha value is -3.74. The minimum Gasteiger partial charge on any atom is -0.326 e. The first-order valence-electron chi connectivity index (χ1n) is 9.66. The Morgan fingerprint density at radius 3 is 2.50 bits per heavy atom. The second-order valence-corrected chi connectivity index (χ2v) is 7.15. The summed E-state index contributed by atoms with van der Waals surface area (Å²) < 4.78 is 1.13. The molecule has 7 heteroatoms. The van der Waals surface area contributed by atoms with Crippen molar-refractivity contribution in [2.24, 2.45) is 0 Å². The SMILES string of the molecule is Cc1cccc(NC(=O)c2ccc(=O)n(CCC(=O)Nc3cccc(C)c3C)n2)c1. The quantitative estimate of drug-likeness (QED) is 0.658. The highest BCUT2D eigenvalue weighted by molar-refractivity contribution is 6.02. The summed E-state index contributed by atoms with van der Waals surface area (Å²) >= 11 is 0. The summed E-state index contributed by atoms with van der Waals surface area (Å²) in [6, 6.07) is 15.7. The number of benzene rings is 2. The van der Waals surface area contributed by atoms with Crippen molar-refractivity contribution < 1.29 is 9.59 Å². The highest BCUT2D eigenvalue weighted by Crippen LogP contribution is 2.18. The smallest absolute Gasteiger partial charge is 0.276 e. The van der Waals surface area contributed by atoms with Gasteiger partial charge in [-0.2, -0.15) is 5.10 Å². The summed E-state index contributed by atoms with van der Waals surface area (Å²) in [5.41, 5.74) is 4.21. The zero-order valence-electron chi connectivity index (χ0n) is 17.2. The Morgan fingerprint density at radius 1 is 0.967 bits per heavy atom. The molecule has 0 atom stereocenters. The third-order valence-corrected chi connectivity index (χ3v) is 4.80. The maximum Gasteiger partial charge on any atom is 0.276 e. The van der Waals surface area contributed by atoms with Crippen LogP contribution < -0.4 is 16.2 Å². The molecule has 1 aromatic heterocycles. The van der Waals surface area contributed by atoms with Crippen LogP contribution in [0.25, 0.3) is 0 Å². The van der Waals surface area contributed by atoms with Crippen LogP contribution in [0, 0.1) is 20.8 Å². The van der Waals surface area contributed by atoms with Gasteiger partial charge in [-0.1, -0.05) is 24.3 Å². The fourth-order valence-electron chi connectivity index (χ4n) is 2.95. The summed E-state index contributed by atoms with van der Waals surface area (Å²) in [6.07, 6.45) is 0.0588. The number of hydrogen-bond donors (Lipinski definition) is 2. The fraction of sp³-hybridized carbons (Fsp3) is 0.217. The van der Waals surface area contributed by atoms with Crippen LogP contribution in [0.15, 0.2) is 59.4 Å². The van der Waals surface area contributed by atoms with E-state index in [-0.39, 0.29) is 30.1 Å². The summed E-state index contributed by atoms with van der Waals surface area (Å²) in [5, 5.41) is 9.73. The molecule has 0 aliphatic heterocycles. The first-order valence-corrected chi connectivity index (χ1v) is 9.66. The molecule has 0 fully saturated rings. The number of nitrogens with one attached hydrogen (secondary N) is 2. The van der Waals surface area contributed by atoms with Crippen LogP contribution in [-0.2, 0) is 11.3 Å². The van der Waals surface area contributed by atoms with Gasteiger partial charge in [-0.25, -0.2) is 4.68 Å². The van der Waals surface area contributed by atoms with Gasteiger partial charge in [0.1, 0.15) is 5.69 Å². The lowest BCUT2D eigenvalue weighted by atomic mass is 10.1. The van der Waals surface area contributed by atoms with Gasteiger partial charge < -0.3 is 10.6 Å². The molecule has 7 nitrogen and oxygen atoms in total. The van der Waals surface area contributed by atoms with Crippen LogP contribution in [0.2, 0.25) is 0 Å². The number of aryl methyl sites for hydroxylation is 3. The van der Waals surface area contributed by atoms with Gasteiger partial charge >= 0.3 is 0 Å². The van der Waals surface area contributed by atoms with Crippen molar-refractivity contribution in [2.75, 3.05) is 10.6 Å². The third kappa shape index (κ3) is 5.20.